The van der Waals surface area contributed by atoms with Gasteiger partial charge in [0.05, 0.1) is 11.9 Å². The van der Waals surface area contributed by atoms with E-state index in [9.17, 15) is 18.0 Å². The van der Waals surface area contributed by atoms with Crippen molar-refractivity contribution < 1.29 is 18.0 Å². The second kappa shape index (κ2) is 14.4. The smallest absolute Gasteiger partial charge is 0.243 e. The van der Waals surface area contributed by atoms with Crippen molar-refractivity contribution in [3.05, 3.63) is 63.6 Å². The number of anilines is 1. The van der Waals surface area contributed by atoms with Gasteiger partial charge < -0.3 is 10.2 Å². The number of hydrogen-bond acceptors (Lipinski definition) is 4. The zero-order chi connectivity index (χ0) is 28.6. The molecule has 1 aliphatic carbocycles. The summed E-state index contributed by atoms with van der Waals surface area (Å²) < 4.78 is 26.4. The Morgan fingerprint density at radius 1 is 1.08 bits per heavy atom. The molecule has 0 aromatic heterocycles. The summed E-state index contributed by atoms with van der Waals surface area (Å²) in [4.78, 5) is 28.6. The van der Waals surface area contributed by atoms with E-state index in [2.05, 4.69) is 5.32 Å². The number of amides is 2. The van der Waals surface area contributed by atoms with E-state index in [0.717, 1.165) is 37.5 Å². The molecule has 1 N–H and O–H groups in total. The molecular weight excluding hydrogens is 557 g/mol. The lowest BCUT2D eigenvalue weighted by Crippen LogP contribution is -2.51. The first kappa shape index (κ1) is 31.2. The SMILES string of the molecule is CC[C@H](C(=O)NC1CCCCC1)N(Cc1ccc(Cl)cc1Cl)C(=O)CCCN(c1cccc(C)c1)S(C)(=O)=O. The Balaban J connectivity index is 1.78. The van der Waals surface area contributed by atoms with Crippen molar-refractivity contribution in [1.29, 1.82) is 0 Å². The number of benzene rings is 2. The number of carbonyl (C=O) groups is 2. The van der Waals surface area contributed by atoms with Crippen LogP contribution in [-0.4, -0.2) is 50.0 Å². The van der Waals surface area contributed by atoms with Crippen LogP contribution in [0.15, 0.2) is 42.5 Å². The van der Waals surface area contributed by atoms with Gasteiger partial charge in [-0.2, -0.15) is 0 Å². The van der Waals surface area contributed by atoms with Gasteiger partial charge in [-0.25, -0.2) is 8.42 Å². The first-order chi connectivity index (χ1) is 18.5. The Bertz CT molecular complexity index is 1250. The highest BCUT2D eigenvalue weighted by Gasteiger charge is 2.31. The predicted molar refractivity (Wildman–Crippen MR) is 159 cm³/mol. The van der Waals surface area contributed by atoms with Gasteiger partial charge in [0, 0.05) is 35.6 Å². The van der Waals surface area contributed by atoms with Crippen molar-refractivity contribution in [2.45, 2.75) is 83.8 Å². The van der Waals surface area contributed by atoms with Gasteiger partial charge in [-0.1, -0.05) is 67.6 Å². The molecule has 0 saturated heterocycles. The van der Waals surface area contributed by atoms with Crippen molar-refractivity contribution in [2.75, 3.05) is 17.1 Å². The van der Waals surface area contributed by atoms with Crippen LogP contribution in [0.1, 0.15) is 69.4 Å². The minimum Gasteiger partial charge on any atom is -0.352 e. The van der Waals surface area contributed by atoms with E-state index in [1.807, 2.05) is 26.0 Å². The number of nitrogens with zero attached hydrogens (tertiary/aromatic N) is 2. The van der Waals surface area contributed by atoms with Crippen LogP contribution in [0.4, 0.5) is 5.69 Å². The van der Waals surface area contributed by atoms with Gasteiger partial charge in [-0.15, -0.1) is 0 Å². The van der Waals surface area contributed by atoms with Crippen LogP contribution in [0.25, 0.3) is 0 Å². The normalized spacial score (nSPS) is 15.0. The Hall–Kier alpha value is -2.29. The summed E-state index contributed by atoms with van der Waals surface area (Å²) in [6, 6.07) is 11.8. The van der Waals surface area contributed by atoms with Gasteiger partial charge in [-0.3, -0.25) is 13.9 Å². The minimum absolute atomic E-state index is 0.0796. The highest BCUT2D eigenvalue weighted by Crippen LogP contribution is 2.25. The average Bonchev–Trinajstić information content (AvgIpc) is 2.87. The second-order valence-corrected chi connectivity index (χ2v) is 13.1. The molecule has 10 heteroatoms. The predicted octanol–water partition coefficient (Wildman–Crippen LogP) is 6.10. The van der Waals surface area contributed by atoms with Crippen LogP contribution >= 0.6 is 23.2 Å². The van der Waals surface area contributed by atoms with Gasteiger partial charge in [-0.05, 0) is 68.0 Å². The zero-order valence-electron chi connectivity index (χ0n) is 23.0. The number of rotatable bonds is 12. The Morgan fingerprint density at radius 2 is 1.79 bits per heavy atom. The van der Waals surface area contributed by atoms with E-state index in [-0.39, 0.29) is 37.4 Å². The number of carbonyl (C=O) groups excluding carboxylic acids is 2. The second-order valence-electron chi connectivity index (χ2n) is 10.3. The Kier molecular flexibility index (Phi) is 11.5. The van der Waals surface area contributed by atoms with Gasteiger partial charge in [0.1, 0.15) is 6.04 Å². The van der Waals surface area contributed by atoms with Crippen molar-refractivity contribution in [2.24, 2.45) is 0 Å². The van der Waals surface area contributed by atoms with Gasteiger partial charge in [0.15, 0.2) is 0 Å². The summed E-state index contributed by atoms with van der Waals surface area (Å²) in [5.41, 5.74) is 2.20. The highest BCUT2D eigenvalue weighted by atomic mass is 35.5. The molecule has 39 heavy (non-hydrogen) atoms. The molecule has 2 aromatic carbocycles. The molecule has 0 heterocycles. The fourth-order valence-electron chi connectivity index (χ4n) is 5.08. The van der Waals surface area contributed by atoms with Crippen LogP contribution in [0.2, 0.25) is 10.0 Å². The maximum absolute atomic E-state index is 13.7. The maximum Gasteiger partial charge on any atom is 0.243 e. The summed E-state index contributed by atoms with van der Waals surface area (Å²) in [6.07, 6.45) is 7.21. The van der Waals surface area contributed by atoms with Crippen LogP contribution in [0.3, 0.4) is 0 Å². The molecule has 0 aliphatic heterocycles. The lowest BCUT2D eigenvalue weighted by molar-refractivity contribution is -0.141. The van der Waals surface area contributed by atoms with Crippen LogP contribution in [-0.2, 0) is 26.2 Å². The van der Waals surface area contributed by atoms with E-state index in [1.54, 1.807) is 35.2 Å². The molecule has 2 amide bonds. The molecule has 0 radical (unpaired) electrons. The van der Waals surface area contributed by atoms with E-state index >= 15 is 0 Å². The molecule has 0 spiro atoms. The fraction of sp³-hybridized carbons (Fsp3) is 0.517. The van der Waals surface area contributed by atoms with E-state index < -0.39 is 16.1 Å². The Labute approximate surface area is 242 Å². The molecule has 3 rings (SSSR count). The van der Waals surface area contributed by atoms with Gasteiger partial charge in [0.2, 0.25) is 21.8 Å². The number of halogens is 2. The molecule has 7 nitrogen and oxygen atoms in total. The highest BCUT2D eigenvalue weighted by molar-refractivity contribution is 7.92. The third-order valence-electron chi connectivity index (χ3n) is 7.14. The molecule has 0 bridgehead atoms. The quantitative estimate of drug-likeness (QED) is 0.321. The first-order valence-electron chi connectivity index (χ1n) is 13.6. The maximum atomic E-state index is 13.7. The molecule has 2 aromatic rings. The molecular formula is C29H39Cl2N3O4S. The lowest BCUT2D eigenvalue weighted by atomic mass is 9.95. The van der Waals surface area contributed by atoms with Crippen molar-refractivity contribution >= 4 is 50.7 Å². The van der Waals surface area contributed by atoms with Crippen molar-refractivity contribution in [3.8, 4) is 0 Å². The fourth-order valence-corrected chi connectivity index (χ4v) is 6.51. The molecule has 1 atom stereocenters. The molecule has 1 fully saturated rings. The molecule has 1 aliphatic rings. The van der Waals surface area contributed by atoms with Crippen molar-refractivity contribution in [1.82, 2.24) is 10.2 Å². The average molecular weight is 597 g/mol. The van der Waals surface area contributed by atoms with Gasteiger partial charge >= 0.3 is 0 Å². The van der Waals surface area contributed by atoms with E-state index in [1.165, 1.54) is 10.7 Å². The lowest BCUT2D eigenvalue weighted by Gasteiger charge is -2.33. The standard InChI is InChI=1S/C29H39Cl2N3O4S/c1-4-27(29(36)32-24-11-6-5-7-12-24)33(20-22-15-16-23(30)19-26(22)31)28(35)14-9-17-34(39(3,37)38)25-13-8-10-21(2)18-25/h8,10,13,15-16,18-19,24,27H,4-7,9,11-12,14,17,20H2,1-3H3,(H,32,36)/t27-/m1/s1. The third kappa shape index (κ3) is 9.12. The summed E-state index contributed by atoms with van der Waals surface area (Å²) in [5, 5.41) is 4.07. The van der Waals surface area contributed by atoms with E-state index in [0.29, 0.717) is 34.1 Å². The summed E-state index contributed by atoms with van der Waals surface area (Å²) in [7, 11) is -3.55. The number of aryl methyl sites for hydroxylation is 1. The molecule has 1 saturated carbocycles. The largest absolute Gasteiger partial charge is 0.352 e. The van der Waals surface area contributed by atoms with Crippen LogP contribution in [0.5, 0.6) is 0 Å². The number of sulfonamides is 1. The van der Waals surface area contributed by atoms with E-state index in [4.69, 9.17) is 23.2 Å². The summed E-state index contributed by atoms with van der Waals surface area (Å²) >= 11 is 12.5. The minimum atomic E-state index is -3.55. The number of nitrogens with one attached hydrogen (secondary N) is 1. The molecule has 214 valence electrons. The Morgan fingerprint density at radius 3 is 2.41 bits per heavy atom. The first-order valence-corrected chi connectivity index (χ1v) is 16.2. The summed E-state index contributed by atoms with van der Waals surface area (Å²) in [6.45, 7) is 4.09. The third-order valence-corrected chi connectivity index (χ3v) is 8.92. The monoisotopic (exact) mass is 595 g/mol. The summed E-state index contributed by atoms with van der Waals surface area (Å²) in [5.74, 6) is -0.398. The van der Waals surface area contributed by atoms with Crippen molar-refractivity contribution in [3.63, 3.8) is 0 Å². The van der Waals surface area contributed by atoms with Gasteiger partial charge in [0.25, 0.3) is 0 Å². The van der Waals surface area contributed by atoms with Crippen LogP contribution < -0.4 is 9.62 Å². The molecule has 0 unspecified atom stereocenters. The number of hydrogen-bond donors (Lipinski definition) is 1. The zero-order valence-corrected chi connectivity index (χ0v) is 25.3. The topological polar surface area (TPSA) is 86.8 Å². The van der Waals surface area contributed by atoms with Crippen LogP contribution in [0, 0.1) is 6.92 Å².